The molecule has 1 atom stereocenters. The van der Waals surface area contributed by atoms with E-state index in [4.69, 9.17) is 0 Å². The molecule has 2 saturated heterocycles. The smallest absolute Gasteiger partial charge is 0.226 e. The highest BCUT2D eigenvalue weighted by molar-refractivity contribution is 5.78. The molecule has 0 aromatic heterocycles. The van der Waals surface area contributed by atoms with Crippen LogP contribution in [0.15, 0.2) is 24.3 Å². The minimum atomic E-state index is 0.184. The van der Waals surface area contributed by atoms with E-state index in [-0.39, 0.29) is 11.7 Å². The van der Waals surface area contributed by atoms with E-state index in [9.17, 15) is 9.90 Å². The van der Waals surface area contributed by atoms with Gasteiger partial charge in [-0.15, -0.1) is 0 Å². The zero-order valence-corrected chi connectivity index (χ0v) is 13.4. The van der Waals surface area contributed by atoms with Crippen LogP contribution in [0.5, 0.6) is 5.75 Å². The van der Waals surface area contributed by atoms with Crippen molar-refractivity contribution in [3.05, 3.63) is 29.8 Å². The molecule has 4 heteroatoms. The molecule has 3 rings (SSSR count). The topological polar surface area (TPSA) is 43.8 Å². The first-order valence-corrected chi connectivity index (χ1v) is 8.36. The van der Waals surface area contributed by atoms with Gasteiger partial charge in [0.15, 0.2) is 0 Å². The number of hydrogen-bond donors (Lipinski definition) is 1. The third-order valence-corrected chi connectivity index (χ3v) is 5.48. The molecule has 0 saturated carbocycles. The van der Waals surface area contributed by atoms with Gasteiger partial charge in [0.05, 0.1) is 6.42 Å². The summed E-state index contributed by atoms with van der Waals surface area (Å²) in [5, 5.41) is 9.52. The minimum absolute atomic E-state index is 0.184. The summed E-state index contributed by atoms with van der Waals surface area (Å²) < 4.78 is 0. The quantitative estimate of drug-likeness (QED) is 0.912. The fourth-order valence-electron chi connectivity index (χ4n) is 4.09. The number of phenolic OH excluding ortho intramolecular Hbond substituents is 1. The summed E-state index contributed by atoms with van der Waals surface area (Å²) in [4.78, 5) is 17.1. The van der Waals surface area contributed by atoms with Gasteiger partial charge in [0.1, 0.15) is 5.75 Å². The number of nitrogens with zero attached hydrogens (tertiary/aromatic N) is 2. The van der Waals surface area contributed by atoms with Gasteiger partial charge in [-0.1, -0.05) is 12.1 Å². The molecular formula is C18H26N2O2. The molecule has 0 radical (unpaired) electrons. The van der Waals surface area contributed by atoms with Crippen LogP contribution in [-0.2, 0) is 11.2 Å². The standard InChI is InChI=1S/C18H26N2O2/c1-19-10-3-7-18(19)8-4-11-20(12-9-18)17(22)14-15-5-2-6-16(21)13-15/h2,5-6,13,21H,3-4,7-12,14H2,1H3/t18-/m0/s1. The number of benzene rings is 1. The van der Waals surface area contributed by atoms with Crippen LogP contribution < -0.4 is 0 Å². The Labute approximate surface area is 132 Å². The van der Waals surface area contributed by atoms with Crippen molar-refractivity contribution in [2.24, 2.45) is 0 Å². The van der Waals surface area contributed by atoms with Crippen LogP contribution in [0.4, 0.5) is 0 Å². The number of phenols is 1. The van der Waals surface area contributed by atoms with Crippen molar-refractivity contribution < 1.29 is 9.90 Å². The average Bonchev–Trinajstić information content (AvgIpc) is 2.71. The van der Waals surface area contributed by atoms with E-state index in [0.717, 1.165) is 31.5 Å². The van der Waals surface area contributed by atoms with Crippen LogP contribution in [-0.4, -0.2) is 53.0 Å². The molecule has 120 valence electrons. The largest absolute Gasteiger partial charge is 0.508 e. The maximum absolute atomic E-state index is 12.5. The monoisotopic (exact) mass is 302 g/mol. The summed E-state index contributed by atoms with van der Waals surface area (Å²) in [5.41, 5.74) is 1.22. The lowest BCUT2D eigenvalue weighted by atomic mass is 9.88. The lowest BCUT2D eigenvalue weighted by Crippen LogP contribution is -2.42. The lowest BCUT2D eigenvalue weighted by molar-refractivity contribution is -0.130. The van der Waals surface area contributed by atoms with Crippen LogP contribution in [0.2, 0.25) is 0 Å². The number of likely N-dealkylation sites (tertiary alicyclic amines) is 2. The molecule has 1 amide bonds. The SMILES string of the molecule is CN1CCC[C@@]12CCCN(C(=O)Cc1cccc(O)c1)CC2. The molecule has 0 unspecified atom stereocenters. The maximum Gasteiger partial charge on any atom is 0.226 e. The Kier molecular flexibility index (Phi) is 4.39. The van der Waals surface area contributed by atoms with Crippen LogP contribution in [0.3, 0.4) is 0 Å². The van der Waals surface area contributed by atoms with E-state index < -0.39 is 0 Å². The van der Waals surface area contributed by atoms with Gasteiger partial charge < -0.3 is 14.9 Å². The van der Waals surface area contributed by atoms with Crippen molar-refractivity contribution >= 4 is 5.91 Å². The Morgan fingerprint density at radius 3 is 2.64 bits per heavy atom. The summed E-state index contributed by atoms with van der Waals surface area (Å²) >= 11 is 0. The highest BCUT2D eigenvalue weighted by Crippen LogP contribution is 2.37. The van der Waals surface area contributed by atoms with Crippen LogP contribution in [0, 0.1) is 0 Å². The Bertz CT molecular complexity index is 546. The van der Waals surface area contributed by atoms with Crippen molar-refractivity contribution in [2.45, 2.75) is 44.1 Å². The molecule has 0 aliphatic carbocycles. The molecule has 1 N–H and O–H groups in total. The van der Waals surface area contributed by atoms with Gasteiger partial charge >= 0.3 is 0 Å². The second kappa shape index (κ2) is 6.29. The fraction of sp³-hybridized carbons (Fsp3) is 0.611. The lowest BCUT2D eigenvalue weighted by Gasteiger charge is -2.35. The number of carbonyl (C=O) groups excluding carboxylic acids is 1. The van der Waals surface area contributed by atoms with Crippen LogP contribution >= 0.6 is 0 Å². The van der Waals surface area contributed by atoms with Gasteiger partial charge in [0.25, 0.3) is 0 Å². The van der Waals surface area contributed by atoms with Crippen molar-refractivity contribution in [2.75, 3.05) is 26.7 Å². The molecule has 22 heavy (non-hydrogen) atoms. The van der Waals surface area contributed by atoms with E-state index in [1.807, 2.05) is 11.0 Å². The first-order chi connectivity index (χ1) is 10.6. The fourth-order valence-corrected chi connectivity index (χ4v) is 4.09. The van der Waals surface area contributed by atoms with Crippen molar-refractivity contribution in [3.63, 3.8) is 0 Å². The molecule has 2 heterocycles. The third-order valence-electron chi connectivity index (χ3n) is 5.48. The van der Waals surface area contributed by atoms with Gasteiger partial charge in [-0.05, 0) is 63.4 Å². The van der Waals surface area contributed by atoms with E-state index in [1.165, 1.54) is 25.8 Å². The average molecular weight is 302 g/mol. The number of rotatable bonds is 2. The van der Waals surface area contributed by atoms with E-state index in [0.29, 0.717) is 12.0 Å². The van der Waals surface area contributed by atoms with Crippen molar-refractivity contribution in [1.82, 2.24) is 9.80 Å². The predicted octanol–water partition coefficient (Wildman–Crippen LogP) is 2.41. The number of amides is 1. The Balaban J connectivity index is 1.62. The van der Waals surface area contributed by atoms with Crippen LogP contribution in [0.1, 0.15) is 37.7 Å². The molecule has 1 spiro atoms. The van der Waals surface area contributed by atoms with E-state index in [2.05, 4.69) is 11.9 Å². The Hall–Kier alpha value is -1.55. The summed E-state index contributed by atoms with van der Waals surface area (Å²) in [6, 6.07) is 7.02. The normalized spacial score (nSPS) is 26.3. The number of aromatic hydroxyl groups is 1. The van der Waals surface area contributed by atoms with Gasteiger partial charge in [-0.3, -0.25) is 4.79 Å². The number of carbonyl (C=O) groups is 1. The predicted molar refractivity (Wildman–Crippen MR) is 86.8 cm³/mol. The van der Waals surface area contributed by atoms with Crippen molar-refractivity contribution in [1.29, 1.82) is 0 Å². The van der Waals surface area contributed by atoms with Gasteiger partial charge in [-0.2, -0.15) is 0 Å². The maximum atomic E-state index is 12.5. The molecule has 2 aliphatic heterocycles. The highest BCUT2D eigenvalue weighted by Gasteiger charge is 2.39. The zero-order valence-electron chi connectivity index (χ0n) is 13.4. The Morgan fingerprint density at radius 2 is 1.95 bits per heavy atom. The third kappa shape index (κ3) is 3.12. The minimum Gasteiger partial charge on any atom is -0.508 e. The second-order valence-electron chi connectivity index (χ2n) is 6.83. The van der Waals surface area contributed by atoms with E-state index >= 15 is 0 Å². The number of hydrogen-bond acceptors (Lipinski definition) is 3. The van der Waals surface area contributed by atoms with Crippen LogP contribution in [0.25, 0.3) is 0 Å². The van der Waals surface area contributed by atoms with Gasteiger partial charge in [-0.25, -0.2) is 0 Å². The second-order valence-corrected chi connectivity index (χ2v) is 6.83. The van der Waals surface area contributed by atoms with E-state index in [1.54, 1.807) is 18.2 Å². The summed E-state index contributed by atoms with van der Waals surface area (Å²) in [6.45, 7) is 2.92. The molecule has 2 aliphatic rings. The molecule has 1 aromatic carbocycles. The Morgan fingerprint density at radius 1 is 1.18 bits per heavy atom. The highest BCUT2D eigenvalue weighted by atomic mass is 16.3. The van der Waals surface area contributed by atoms with Gasteiger partial charge in [0.2, 0.25) is 5.91 Å². The first-order valence-electron chi connectivity index (χ1n) is 8.36. The van der Waals surface area contributed by atoms with Crippen molar-refractivity contribution in [3.8, 4) is 5.75 Å². The van der Waals surface area contributed by atoms with Gasteiger partial charge in [0, 0.05) is 18.6 Å². The molecular weight excluding hydrogens is 276 g/mol. The molecule has 0 bridgehead atoms. The summed E-state index contributed by atoms with van der Waals surface area (Å²) in [7, 11) is 2.23. The molecule has 4 nitrogen and oxygen atoms in total. The molecule has 1 aromatic rings. The zero-order chi connectivity index (χ0) is 15.6. The summed E-state index contributed by atoms with van der Waals surface area (Å²) in [6.07, 6.45) is 6.34. The molecule has 2 fully saturated rings. The first kappa shape index (κ1) is 15.3. The summed E-state index contributed by atoms with van der Waals surface area (Å²) in [5.74, 6) is 0.413.